The third-order valence-corrected chi connectivity index (χ3v) is 5.21. The Balaban J connectivity index is 3.50. The molecule has 0 rings (SSSR count). The van der Waals surface area contributed by atoms with Gasteiger partial charge in [-0.1, -0.05) is 96.8 Å². The first-order valence-corrected chi connectivity index (χ1v) is 12.1. The molecule has 0 saturated carbocycles. The van der Waals surface area contributed by atoms with Gasteiger partial charge in [-0.3, -0.25) is 9.59 Å². The Hall–Kier alpha value is -0.980. The van der Waals surface area contributed by atoms with E-state index in [0.717, 1.165) is 19.3 Å². The van der Waals surface area contributed by atoms with Crippen molar-refractivity contribution in [1.29, 1.82) is 0 Å². The lowest BCUT2D eigenvalue weighted by Crippen LogP contribution is -2.32. The number of aliphatic hydroxyl groups excluding tert-OH is 2. The van der Waals surface area contributed by atoms with Gasteiger partial charge in [0.15, 0.2) is 5.78 Å². The van der Waals surface area contributed by atoms with Crippen molar-refractivity contribution in [3.8, 4) is 0 Å². The van der Waals surface area contributed by atoms with Crippen LogP contribution in [0.4, 0.5) is 0 Å². The fourth-order valence-electron chi connectivity index (χ4n) is 3.30. The summed E-state index contributed by atoms with van der Waals surface area (Å²) in [6.45, 7) is 2.78. The zero-order chi connectivity index (χ0) is 22.5. The van der Waals surface area contributed by atoms with Crippen LogP contribution in [-0.2, 0) is 19.1 Å². The van der Waals surface area contributed by atoms with Gasteiger partial charge in [0.2, 0.25) is 0 Å². The standard InChI is InChI=1S/C24H46O6/c1-3-4-5-6-7-8-9-10-11-12-13-14-15-16-17-18-23(28)30-24(21(2)26)29-20-22(27)19-25/h22,24-25,27H,3-20H2,1-2H3. The monoisotopic (exact) mass is 430 g/mol. The van der Waals surface area contributed by atoms with Gasteiger partial charge in [0, 0.05) is 13.3 Å². The SMILES string of the molecule is CCCCCCCCCCCCCCCCCC(=O)OC(OCC(O)CO)C(C)=O. The normalized spacial score (nSPS) is 13.2. The maximum atomic E-state index is 11.8. The van der Waals surface area contributed by atoms with E-state index < -0.39 is 30.8 Å². The van der Waals surface area contributed by atoms with Crippen LogP contribution < -0.4 is 0 Å². The zero-order valence-electron chi connectivity index (χ0n) is 19.4. The minimum atomic E-state index is -1.31. The number of rotatable bonds is 22. The van der Waals surface area contributed by atoms with Crippen LogP contribution in [0.3, 0.4) is 0 Å². The zero-order valence-corrected chi connectivity index (χ0v) is 19.4. The molecule has 178 valence electrons. The number of aliphatic hydroxyl groups is 2. The molecule has 0 saturated heterocycles. The van der Waals surface area contributed by atoms with Crippen molar-refractivity contribution in [3.05, 3.63) is 0 Å². The lowest BCUT2D eigenvalue weighted by atomic mass is 10.0. The molecule has 0 aliphatic rings. The molecule has 0 aromatic heterocycles. The molecule has 0 spiro atoms. The van der Waals surface area contributed by atoms with Crippen molar-refractivity contribution in [2.24, 2.45) is 0 Å². The van der Waals surface area contributed by atoms with Gasteiger partial charge in [-0.15, -0.1) is 0 Å². The maximum Gasteiger partial charge on any atom is 0.308 e. The summed E-state index contributed by atoms with van der Waals surface area (Å²) < 4.78 is 10.1. The summed E-state index contributed by atoms with van der Waals surface area (Å²) in [5.41, 5.74) is 0. The van der Waals surface area contributed by atoms with Crippen LogP contribution in [0.25, 0.3) is 0 Å². The predicted molar refractivity (Wildman–Crippen MR) is 119 cm³/mol. The number of carbonyl (C=O) groups is 2. The van der Waals surface area contributed by atoms with Crippen molar-refractivity contribution in [1.82, 2.24) is 0 Å². The second-order valence-electron chi connectivity index (χ2n) is 8.30. The molecular formula is C24H46O6. The van der Waals surface area contributed by atoms with E-state index in [2.05, 4.69) is 6.92 Å². The molecule has 30 heavy (non-hydrogen) atoms. The second-order valence-corrected chi connectivity index (χ2v) is 8.30. The Labute approximate surface area is 183 Å². The molecule has 0 aromatic rings. The number of ketones is 1. The van der Waals surface area contributed by atoms with Crippen molar-refractivity contribution in [2.45, 2.75) is 129 Å². The molecule has 0 aliphatic heterocycles. The highest BCUT2D eigenvalue weighted by Gasteiger charge is 2.21. The van der Waals surface area contributed by atoms with Crippen LogP contribution in [0.5, 0.6) is 0 Å². The average Bonchev–Trinajstić information content (AvgIpc) is 2.73. The minimum Gasteiger partial charge on any atom is -0.428 e. The van der Waals surface area contributed by atoms with Gasteiger partial charge in [0.1, 0.15) is 6.10 Å². The molecule has 0 bridgehead atoms. The highest BCUT2D eigenvalue weighted by atomic mass is 16.7. The molecule has 0 heterocycles. The van der Waals surface area contributed by atoms with Gasteiger partial charge < -0.3 is 19.7 Å². The van der Waals surface area contributed by atoms with Crippen molar-refractivity contribution < 1.29 is 29.3 Å². The van der Waals surface area contributed by atoms with Gasteiger partial charge in [-0.25, -0.2) is 0 Å². The number of esters is 1. The van der Waals surface area contributed by atoms with Gasteiger partial charge in [-0.05, 0) is 6.42 Å². The van der Waals surface area contributed by atoms with E-state index in [4.69, 9.17) is 14.6 Å². The second kappa shape index (κ2) is 21.3. The van der Waals surface area contributed by atoms with Crippen molar-refractivity contribution >= 4 is 11.8 Å². The molecule has 2 unspecified atom stereocenters. The van der Waals surface area contributed by atoms with E-state index in [-0.39, 0.29) is 13.0 Å². The van der Waals surface area contributed by atoms with Crippen molar-refractivity contribution in [3.63, 3.8) is 0 Å². The van der Waals surface area contributed by atoms with E-state index in [1.807, 2.05) is 0 Å². The van der Waals surface area contributed by atoms with Crippen molar-refractivity contribution in [2.75, 3.05) is 13.2 Å². The topological polar surface area (TPSA) is 93.1 Å². The third kappa shape index (κ3) is 19.0. The molecule has 0 aromatic carbocycles. The summed E-state index contributed by atoms with van der Waals surface area (Å²) in [5.74, 6) is -0.909. The molecule has 6 heteroatoms. The van der Waals surface area contributed by atoms with Gasteiger partial charge >= 0.3 is 5.97 Å². The van der Waals surface area contributed by atoms with E-state index >= 15 is 0 Å². The van der Waals surface area contributed by atoms with Crippen LogP contribution in [-0.4, -0.2) is 47.6 Å². The summed E-state index contributed by atoms with van der Waals surface area (Å²) in [6.07, 6.45) is 16.8. The van der Waals surface area contributed by atoms with E-state index in [1.165, 1.54) is 84.0 Å². The van der Waals surface area contributed by atoms with Gasteiger partial charge in [0.05, 0.1) is 13.2 Å². The first-order chi connectivity index (χ1) is 14.5. The fraction of sp³-hybridized carbons (Fsp3) is 0.917. The minimum absolute atomic E-state index is 0.257. The third-order valence-electron chi connectivity index (χ3n) is 5.21. The first kappa shape index (κ1) is 29.0. The summed E-state index contributed by atoms with van der Waals surface area (Å²) in [5, 5.41) is 18.0. The average molecular weight is 431 g/mol. The highest BCUT2D eigenvalue weighted by Crippen LogP contribution is 2.14. The summed E-state index contributed by atoms with van der Waals surface area (Å²) in [6, 6.07) is 0. The number of carbonyl (C=O) groups excluding carboxylic acids is 2. The first-order valence-electron chi connectivity index (χ1n) is 12.1. The Morgan fingerprint density at radius 2 is 1.20 bits per heavy atom. The van der Waals surface area contributed by atoms with E-state index in [1.54, 1.807) is 0 Å². The molecular weight excluding hydrogens is 384 g/mol. The smallest absolute Gasteiger partial charge is 0.308 e. The van der Waals surface area contributed by atoms with Crippen LogP contribution in [0, 0.1) is 0 Å². The number of unbranched alkanes of at least 4 members (excludes halogenated alkanes) is 14. The fourth-order valence-corrected chi connectivity index (χ4v) is 3.30. The summed E-state index contributed by atoms with van der Waals surface area (Å²) in [7, 11) is 0. The van der Waals surface area contributed by atoms with Crippen LogP contribution >= 0.6 is 0 Å². The number of ether oxygens (including phenoxy) is 2. The Bertz CT molecular complexity index is 413. The summed E-state index contributed by atoms with van der Waals surface area (Å²) >= 11 is 0. The van der Waals surface area contributed by atoms with Crippen LogP contribution in [0.2, 0.25) is 0 Å². The Morgan fingerprint density at radius 1 is 0.767 bits per heavy atom. The van der Waals surface area contributed by atoms with Crippen LogP contribution in [0.1, 0.15) is 117 Å². The number of hydrogen-bond donors (Lipinski definition) is 2. The molecule has 2 N–H and O–H groups in total. The van der Waals surface area contributed by atoms with Crippen LogP contribution in [0.15, 0.2) is 0 Å². The lowest BCUT2D eigenvalue weighted by molar-refractivity contribution is -0.189. The molecule has 0 amide bonds. The molecule has 0 radical (unpaired) electrons. The molecule has 6 nitrogen and oxygen atoms in total. The quantitative estimate of drug-likeness (QED) is 0.141. The highest BCUT2D eigenvalue weighted by molar-refractivity contribution is 5.82. The number of Topliss-reactive ketones (excluding diaryl/α,β-unsaturated/α-hetero) is 1. The molecule has 0 aliphatic carbocycles. The van der Waals surface area contributed by atoms with E-state index in [0.29, 0.717) is 0 Å². The Morgan fingerprint density at radius 3 is 1.60 bits per heavy atom. The predicted octanol–water partition coefficient (Wildman–Crippen LogP) is 5.08. The number of hydrogen-bond acceptors (Lipinski definition) is 6. The Kier molecular flexibility index (Phi) is 20.6. The lowest BCUT2D eigenvalue weighted by Gasteiger charge is -2.17. The van der Waals surface area contributed by atoms with Gasteiger partial charge in [-0.2, -0.15) is 0 Å². The maximum absolute atomic E-state index is 11.8. The molecule has 2 atom stereocenters. The van der Waals surface area contributed by atoms with E-state index in [9.17, 15) is 14.7 Å². The molecule has 0 fully saturated rings. The largest absolute Gasteiger partial charge is 0.428 e. The summed E-state index contributed by atoms with van der Waals surface area (Å²) in [4.78, 5) is 23.3. The van der Waals surface area contributed by atoms with Gasteiger partial charge in [0.25, 0.3) is 6.29 Å².